The lowest BCUT2D eigenvalue weighted by Gasteiger charge is -2.09. The molecule has 19 heavy (non-hydrogen) atoms. The van der Waals surface area contributed by atoms with E-state index in [9.17, 15) is 0 Å². The van der Waals surface area contributed by atoms with Gasteiger partial charge in [-0.1, -0.05) is 58.6 Å². The highest BCUT2D eigenvalue weighted by Crippen LogP contribution is 2.13. The zero-order valence-electron chi connectivity index (χ0n) is 12.7. The van der Waals surface area contributed by atoms with Crippen LogP contribution in [0.2, 0.25) is 0 Å². The highest BCUT2D eigenvalue weighted by molar-refractivity contribution is 5.27. The first-order chi connectivity index (χ1) is 9.22. The van der Waals surface area contributed by atoms with Crippen LogP contribution in [0, 0.1) is 0 Å². The second-order valence-electron chi connectivity index (χ2n) is 5.44. The Kier molecular flexibility index (Phi) is 8.31. The zero-order valence-corrected chi connectivity index (χ0v) is 12.7. The molecule has 0 aliphatic carbocycles. The Morgan fingerprint density at radius 1 is 1.00 bits per heavy atom. The summed E-state index contributed by atoms with van der Waals surface area (Å²) in [4.78, 5) is 0. The largest absolute Gasteiger partial charge is 0.494 e. The van der Waals surface area contributed by atoms with Crippen molar-refractivity contribution in [2.75, 3.05) is 6.61 Å². The highest BCUT2D eigenvalue weighted by Gasteiger charge is 1.97. The molecule has 0 bridgehead atoms. The molecule has 2 heteroatoms. The SMILES string of the molecule is CCCCCCCOc1ccc(CNC(C)C)cc1. The van der Waals surface area contributed by atoms with Gasteiger partial charge in [0.25, 0.3) is 0 Å². The van der Waals surface area contributed by atoms with Gasteiger partial charge in [0.05, 0.1) is 6.61 Å². The number of benzene rings is 1. The van der Waals surface area contributed by atoms with Crippen LogP contribution in [0.5, 0.6) is 5.75 Å². The van der Waals surface area contributed by atoms with Gasteiger partial charge in [0.1, 0.15) is 5.75 Å². The van der Waals surface area contributed by atoms with E-state index in [2.05, 4.69) is 50.4 Å². The summed E-state index contributed by atoms with van der Waals surface area (Å²) in [7, 11) is 0. The van der Waals surface area contributed by atoms with Crippen molar-refractivity contribution in [3.05, 3.63) is 29.8 Å². The minimum Gasteiger partial charge on any atom is -0.494 e. The number of rotatable bonds is 10. The van der Waals surface area contributed by atoms with Crippen LogP contribution in [-0.4, -0.2) is 12.6 Å². The summed E-state index contributed by atoms with van der Waals surface area (Å²) >= 11 is 0. The van der Waals surface area contributed by atoms with Gasteiger partial charge in [-0.05, 0) is 24.1 Å². The van der Waals surface area contributed by atoms with Crippen molar-refractivity contribution >= 4 is 0 Å². The van der Waals surface area contributed by atoms with Crippen LogP contribution in [0.4, 0.5) is 0 Å². The zero-order chi connectivity index (χ0) is 13.9. The highest BCUT2D eigenvalue weighted by atomic mass is 16.5. The summed E-state index contributed by atoms with van der Waals surface area (Å²) in [6.45, 7) is 8.33. The summed E-state index contributed by atoms with van der Waals surface area (Å²) in [5.41, 5.74) is 1.31. The van der Waals surface area contributed by atoms with E-state index in [1.54, 1.807) is 0 Å². The molecule has 0 amide bonds. The second kappa shape index (κ2) is 9.85. The van der Waals surface area contributed by atoms with Gasteiger partial charge in [-0.15, -0.1) is 0 Å². The molecule has 0 aliphatic rings. The Hall–Kier alpha value is -1.02. The van der Waals surface area contributed by atoms with E-state index in [1.807, 2.05) is 0 Å². The molecule has 108 valence electrons. The normalized spacial score (nSPS) is 10.9. The van der Waals surface area contributed by atoms with E-state index in [1.165, 1.54) is 31.2 Å². The number of hydrogen-bond donors (Lipinski definition) is 1. The Balaban J connectivity index is 2.17. The first kappa shape index (κ1) is 16.0. The fourth-order valence-corrected chi connectivity index (χ4v) is 1.92. The topological polar surface area (TPSA) is 21.3 Å². The van der Waals surface area contributed by atoms with Crippen LogP contribution < -0.4 is 10.1 Å². The molecule has 0 fully saturated rings. The molecule has 0 saturated carbocycles. The van der Waals surface area contributed by atoms with Crippen molar-refractivity contribution in [1.82, 2.24) is 5.32 Å². The third-order valence-corrected chi connectivity index (χ3v) is 3.15. The first-order valence-corrected chi connectivity index (χ1v) is 7.67. The van der Waals surface area contributed by atoms with E-state index in [-0.39, 0.29) is 0 Å². The Labute approximate surface area is 118 Å². The molecule has 0 aromatic heterocycles. The Morgan fingerprint density at radius 2 is 1.68 bits per heavy atom. The minimum atomic E-state index is 0.527. The average molecular weight is 263 g/mol. The maximum absolute atomic E-state index is 5.75. The summed E-state index contributed by atoms with van der Waals surface area (Å²) in [5, 5.41) is 3.41. The van der Waals surface area contributed by atoms with Crippen LogP contribution in [0.3, 0.4) is 0 Å². The number of nitrogens with one attached hydrogen (secondary N) is 1. The van der Waals surface area contributed by atoms with Crippen molar-refractivity contribution in [2.45, 2.75) is 65.5 Å². The molecule has 0 heterocycles. The van der Waals surface area contributed by atoms with E-state index >= 15 is 0 Å². The van der Waals surface area contributed by atoms with Gasteiger partial charge < -0.3 is 10.1 Å². The maximum atomic E-state index is 5.75. The van der Waals surface area contributed by atoms with E-state index in [0.29, 0.717) is 6.04 Å². The quantitative estimate of drug-likeness (QED) is 0.626. The van der Waals surface area contributed by atoms with Gasteiger partial charge >= 0.3 is 0 Å². The molecule has 0 atom stereocenters. The van der Waals surface area contributed by atoms with Gasteiger partial charge in [-0.25, -0.2) is 0 Å². The molecule has 1 aromatic rings. The molecular formula is C17H29NO. The van der Waals surface area contributed by atoms with Crippen molar-refractivity contribution < 1.29 is 4.74 Å². The number of hydrogen-bond acceptors (Lipinski definition) is 2. The lowest BCUT2D eigenvalue weighted by Crippen LogP contribution is -2.21. The van der Waals surface area contributed by atoms with Crippen LogP contribution in [0.1, 0.15) is 58.4 Å². The second-order valence-corrected chi connectivity index (χ2v) is 5.44. The van der Waals surface area contributed by atoms with Crippen molar-refractivity contribution in [3.63, 3.8) is 0 Å². The summed E-state index contributed by atoms with van der Waals surface area (Å²) in [5.74, 6) is 0.990. The van der Waals surface area contributed by atoms with Gasteiger partial charge in [-0.3, -0.25) is 0 Å². The molecule has 1 rings (SSSR count). The smallest absolute Gasteiger partial charge is 0.119 e. The Bertz CT molecular complexity index is 319. The number of unbranched alkanes of at least 4 members (excludes halogenated alkanes) is 4. The Morgan fingerprint density at radius 3 is 2.32 bits per heavy atom. The third-order valence-electron chi connectivity index (χ3n) is 3.15. The standard InChI is InChI=1S/C17H29NO/c1-4-5-6-7-8-13-19-17-11-9-16(10-12-17)14-18-15(2)3/h9-12,15,18H,4-8,13-14H2,1-3H3. The average Bonchev–Trinajstić information content (AvgIpc) is 2.41. The van der Waals surface area contributed by atoms with Gasteiger partial charge in [0.2, 0.25) is 0 Å². The monoisotopic (exact) mass is 263 g/mol. The van der Waals surface area contributed by atoms with Crippen molar-refractivity contribution in [3.8, 4) is 5.75 Å². The van der Waals surface area contributed by atoms with E-state index < -0.39 is 0 Å². The van der Waals surface area contributed by atoms with Gasteiger partial charge in [0.15, 0.2) is 0 Å². The predicted octanol–water partition coefficient (Wildman–Crippen LogP) is 4.53. The molecule has 1 N–H and O–H groups in total. The third kappa shape index (κ3) is 7.89. The fraction of sp³-hybridized carbons (Fsp3) is 0.647. The lowest BCUT2D eigenvalue weighted by atomic mass is 10.2. The van der Waals surface area contributed by atoms with Gasteiger partial charge in [0, 0.05) is 12.6 Å². The van der Waals surface area contributed by atoms with Crippen molar-refractivity contribution in [1.29, 1.82) is 0 Å². The molecule has 0 aliphatic heterocycles. The maximum Gasteiger partial charge on any atom is 0.119 e. The molecule has 0 spiro atoms. The molecule has 2 nitrogen and oxygen atoms in total. The molecule has 0 unspecified atom stereocenters. The van der Waals surface area contributed by atoms with E-state index in [0.717, 1.165) is 25.3 Å². The summed E-state index contributed by atoms with van der Waals surface area (Å²) in [6, 6.07) is 8.95. The molecular weight excluding hydrogens is 234 g/mol. The molecule has 1 aromatic carbocycles. The fourth-order valence-electron chi connectivity index (χ4n) is 1.92. The summed E-state index contributed by atoms with van der Waals surface area (Å²) in [6.07, 6.45) is 6.42. The van der Waals surface area contributed by atoms with Crippen LogP contribution >= 0.6 is 0 Å². The lowest BCUT2D eigenvalue weighted by molar-refractivity contribution is 0.304. The number of ether oxygens (including phenoxy) is 1. The minimum absolute atomic E-state index is 0.527. The van der Waals surface area contributed by atoms with E-state index in [4.69, 9.17) is 4.74 Å². The predicted molar refractivity (Wildman–Crippen MR) is 82.7 cm³/mol. The van der Waals surface area contributed by atoms with Crippen LogP contribution in [0.25, 0.3) is 0 Å². The van der Waals surface area contributed by atoms with Crippen LogP contribution in [-0.2, 0) is 6.54 Å². The van der Waals surface area contributed by atoms with Gasteiger partial charge in [-0.2, -0.15) is 0 Å². The van der Waals surface area contributed by atoms with Crippen molar-refractivity contribution in [2.24, 2.45) is 0 Å². The first-order valence-electron chi connectivity index (χ1n) is 7.67. The van der Waals surface area contributed by atoms with Crippen LogP contribution in [0.15, 0.2) is 24.3 Å². The molecule has 0 radical (unpaired) electrons. The summed E-state index contributed by atoms with van der Waals surface area (Å²) < 4.78 is 5.75. The molecule has 0 saturated heterocycles.